The van der Waals surface area contributed by atoms with E-state index in [0.717, 1.165) is 12.1 Å². The molecule has 0 spiro atoms. The Kier molecular flexibility index (Phi) is 4.00. The van der Waals surface area contributed by atoms with Gasteiger partial charge in [-0.2, -0.15) is 13.2 Å². The van der Waals surface area contributed by atoms with Gasteiger partial charge in [0, 0.05) is 16.1 Å². The molecule has 1 aromatic carbocycles. The Morgan fingerprint density at radius 1 is 1.35 bits per heavy atom. The average Bonchev–Trinajstić information content (AvgIpc) is 2.14. The highest BCUT2D eigenvalue weighted by Gasteiger charge is 2.29. The molecule has 0 fully saturated rings. The molecule has 8 heteroatoms. The Morgan fingerprint density at radius 2 is 2.00 bits per heavy atom. The Morgan fingerprint density at radius 3 is 2.47 bits per heavy atom. The Labute approximate surface area is 98.4 Å². The van der Waals surface area contributed by atoms with Gasteiger partial charge in [-0.1, -0.05) is 0 Å². The lowest BCUT2D eigenvalue weighted by Gasteiger charge is -2.08. The molecule has 0 bridgehead atoms. The molecule has 0 aromatic heterocycles. The van der Waals surface area contributed by atoms with Crippen LogP contribution in [0.15, 0.2) is 23.1 Å². The van der Waals surface area contributed by atoms with Crippen LogP contribution >= 0.6 is 11.8 Å². The van der Waals surface area contributed by atoms with Gasteiger partial charge in [-0.3, -0.25) is 9.59 Å². The monoisotopic (exact) mass is 264 g/mol. The predicted octanol–water partition coefficient (Wildman–Crippen LogP) is 1.97. The van der Waals surface area contributed by atoms with E-state index in [-0.39, 0.29) is 16.1 Å². The van der Waals surface area contributed by atoms with E-state index in [1.807, 2.05) is 0 Å². The van der Waals surface area contributed by atoms with Gasteiger partial charge in [0.25, 0.3) is 0 Å². The minimum Gasteiger partial charge on any atom is -0.366 e. The molecule has 0 unspecified atom stereocenters. The van der Waals surface area contributed by atoms with Crippen molar-refractivity contribution in [1.82, 2.24) is 0 Å². The maximum atomic E-state index is 12.1. The largest absolute Gasteiger partial charge is 0.446 e. The van der Waals surface area contributed by atoms with E-state index in [4.69, 9.17) is 5.73 Å². The normalized spacial score (nSPS) is 11.0. The highest BCUT2D eigenvalue weighted by Crippen LogP contribution is 2.38. The number of nitrogens with two attached hydrogens (primary N) is 1. The van der Waals surface area contributed by atoms with Crippen LogP contribution in [0, 0.1) is 0 Å². The molecule has 0 radical (unpaired) electrons. The van der Waals surface area contributed by atoms with Gasteiger partial charge in [-0.05, 0) is 30.0 Å². The number of amides is 2. The third-order valence-corrected chi connectivity index (χ3v) is 2.35. The summed E-state index contributed by atoms with van der Waals surface area (Å²) in [6.07, 6.45) is 0.294. The lowest BCUT2D eigenvalue weighted by molar-refractivity contribution is -0.105. The molecule has 1 rings (SSSR count). The molecule has 0 aliphatic rings. The molecular formula is C9H7F3N2O2S. The first-order valence-electron chi connectivity index (χ1n) is 4.22. The fourth-order valence-corrected chi connectivity index (χ4v) is 1.72. The second kappa shape index (κ2) is 5.09. The molecule has 0 saturated heterocycles. The van der Waals surface area contributed by atoms with Crippen molar-refractivity contribution >= 4 is 29.8 Å². The Bertz CT molecular complexity index is 448. The third kappa shape index (κ3) is 4.35. The van der Waals surface area contributed by atoms with Crippen LogP contribution in [0.1, 0.15) is 10.4 Å². The van der Waals surface area contributed by atoms with Gasteiger partial charge in [0.15, 0.2) is 0 Å². The van der Waals surface area contributed by atoms with E-state index in [1.54, 1.807) is 0 Å². The smallest absolute Gasteiger partial charge is 0.366 e. The molecule has 3 N–H and O–H groups in total. The summed E-state index contributed by atoms with van der Waals surface area (Å²) in [5.74, 6) is -0.872. The fourth-order valence-electron chi connectivity index (χ4n) is 1.09. The van der Waals surface area contributed by atoms with Crippen LogP contribution in [-0.4, -0.2) is 17.8 Å². The van der Waals surface area contributed by atoms with Crippen LogP contribution in [0.4, 0.5) is 18.9 Å². The number of thioether (sulfide) groups is 1. The predicted molar refractivity (Wildman–Crippen MR) is 56.6 cm³/mol. The lowest BCUT2D eigenvalue weighted by atomic mass is 10.2. The minimum atomic E-state index is -4.48. The maximum Gasteiger partial charge on any atom is 0.446 e. The first kappa shape index (κ1) is 13.4. The number of benzene rings is 1. The third-order valence-electron chi connectivity index (χ3n) is 1.65. The Hall–Kier alpha value is -1.70. The summed E-state index contributed by atoms with van der Waals surface area (Å²) in [5.41, 5.74) is 0.453. The maximum absolute atomic E-state index is 12.1. The highest BCUT2D eigenvalue weighted by molar-refractivity contribution is 8.00. The van der Waals surface area contributed by atoms with Crippen molar-refractivity contribution in [3.05, 3.63) is 23.8 Å². The van der Waals surface area contributed by atoms with Crippen molar-refractivity contribution < 1.29 is 22.8 Å². The van der Waals surface area contributed by atoms with Crippen molar-refractivity contribution in [3.8, 4) is 0 Å². The number of hydrogen-bond acceptors (Lipinski definition) is 3. The summed E-state index contributed by atoms with van der Waals surface area (Å²) in [7, 11) is 0. The number of carbonyl (C=O) groups is 2. The topological polar surface area (TPSA) is 72.2 Å². The number of anilines is 1. The van der Waals surface area contributed by atoms with Crippen molar-refractivity contribution in [3.63, 3.8) is 0 Å². The van der Waals surface area contributed by atoms with Gasteiger partial charge in [0.1, 0.15) is 0 Å². The van der Waals surface area contributed by atoms with E-state index in [0.29, 0.717) is 6.41 Å². The number of alkyl halides is 3. The molecule has 92 valence electrons. The quantitative estimate of drug-likeness (QED) is 0.645. The summed E-state index contributed by atoms with van der Waals surface area (Å²) in [5, 5.41) is 2.16. The molecule has 0 aliphatic heterocycles. The highest BCUT2D eigenvalue weighted by atomic mass is 32.2. The van der Waals surface area contributed by atoms with Crippen LogP contribution in [0.5, 0.6) is 0 Å². The SMILES string of the molecule is NC(=O)c1cc(NC=O)cc(SC(F)(F)F)c1. The van der Waals surface area contributed by atoms with Crippen molar-refractivity contribution in [2.24, 2.45) is 5.73 Å². The number of carbonyl (C=O) groups excluding carboxylic acids is 2. The van der Waals surface area contributed by atoms with Crippen LogP contribution in [0.2, 0.25) is 0 Å². The Balaban J connectivity index is 3.12. The molecule has 4 nitrogen and oxygen atoms in total. The molecule has 0 saturated carbocycles. The number of hydrogen-bond donors (Lipinski definition) is 2. The van der Waals surface area contributed by atoms with Crippen LogP contribution < -0.4 is 11.1 Å². The second-order valence-corrected chi connectivity index (χ2v) is 4.06. The molecular weight excluding hydrogens is 257 g/mol. The molecule has 1 aromatic rings. The van der Waals surface area contributed by atoms with E-state index in [9.17, 15) is 22.8 Å². The van der Waals surface area contributed by atoms with Crippen molar-refractivity contribution in [1.29, 1.82) is 0 Å². The first-order chi connectivity index (χ1) is 7.81. The number of primary amides is 1. The van der Waals surface area contributed by atoms with Gasteiger partial charge < -0.3 is 11.1 Å². The van der Waals surface area contributed by atoms with Crippen LogP contribution in [0.25, 0.3) is 0 Å². The molecule has 17 heavy (non-hydrogen) atoms. The fraction of sp³-hybridized carbons (Fsp3) is 0.111. The van der Waals surface area contributed by atoms with E-state index < -0.39 is 23.2 Å². The molecule has 0 heterocycles. The zero-order valence-electron chi connectivity index (χ0n) is 8.25. The van der Waals surface area contributed by atoms with E-state index in [1.165, 1.54) is 6.07 Å². The van der Waals surface area contributed by atoms with Gasteiger partial charge in [0.2, 0.25) is 12.3 Å². The van der Waals surface area contributed by atoms with E-state index >= 15 is 0 Å². The van der Waals surface area contributed by atoms with Crippen molar-refractivity contribution in [2.45, 2.75) is 10.4 Å². The van der Waals surface area contributed by atoms with Gasteiger partial charge >= 0.3 is 5.51 Å². The van der Waals surface area contributed by atoms with Gasteiger partial charge in [-0.25, -0.2) is 0 Å². The summed E-state index contributed by atoms with van der Waals surface area (Å²) in [6.45, 7) is 0. The molecule has 0 aliphatic carbocycles. The zero-order chi connectivity index (χ0) is 13.1. The van der Waals surface area contributed by atoms with Crippen LogP contribution in [-0.2, 0) is 4.79 Å². The van der Waals surface area contributed by atoms with E-state index in [2.05, 4.69) is 5.32 Å². The summed E-state index contributed by atoms with van der Waals surface area (Å²) in [6, 6.07) is 3.30. The zero-order valence-corrected chi connectivity index (χ0v) is 9.06. The van der Waals surface area contributed by atoms with Crippen molar-refractivity contribution in [2.75, 3.05) is 5.32 Å². The number of halogens is 3. The standard InChI is InChI=1S/C9H7F3N2O2S/c10-9(11,12)17-7-2-5(8(13)16)1-6(3-7)14-4-15/h1-4H,(H2,13,16)(H,14,15). The van der Waals surface area contributed by atoms with Gasteiger partial charge in [-0.15, -0.1) is 0 Å². The first-order valence-corrected chi connectivity index (χ1v) is 5.04. The summed E-state index contributed by atoms with van der Waals surface area (Å²) in [4.78, 5) is 20.9. The number of rotatable bonds is 4. The molecule has 2 amide bonds. The number of nitrogens with one attached hydrogen (secondary N) is 1. The summed E-state index contributed by atoms with van der Waals surface area (Å²) < 4.78 is 36.4. The second-order valence-electron chi connectivity index (χ2n) is 2.92. The lowest BCUT2D eigenvalue weighted by Crippen LogP contribution is -2.12. The summed E-state index contributed by atoms with van der Waals surface area (Å²) >= 11 is -0.391. The van der Waals surface area contributed by atoms with Crippen LogP contribution in [0.3, 0.4) is 0 Å². The molecule has 0 atom stereocenters. The minimum absolute atomic E-state index is 0.0723. The van der Waals surface area contributed by atoms with Gasteiger partial charge in [0.05, 0.1) is 0 Å². The average molecular weight is 264 g/mol.